The summed E-state index contributed by atoms with van der Waals surface area (Å²) in [6.07, 6.45) is 6.44. The van der Waals surface area contributed by atoms with Crippen LogP contribution in [0.1, 0.15) is 38.0 Å². The van der Waals surface area contributed by atoms with Gasteiger partial charge < -0.3 is 9.84 Å². The van der Waals surface area contributed by atoms with Crippen LogP contribution in [0.25, 0.3) is 11.4 Å². The second-order valence-electron chi connectivity index (χ2n) is 5.63. The predicted molar refractivity (Wildman–Crippen MR) is 89.9 cm³/mol. The minimum Gasteiger partial charge on any atom is -0.382 e. The smallest absolute Gasteiger partial charge is 0.223 e. The number of aromatic nitrogens is 2. The van der Waals surface area contributed by atoms with Crippen LogP contribution in [0.2, 0.25) is 0 Å². The van der Waals surface area contributed by atoms with E-state index in [-0.39, 0.29) is 0 Å². The van der Waals surface area contributed by atoms with Crippen LogP contribution in [0, 0.1) is 6.92 Å². The van der Waals surface area contributed by atoms with Gasteiger partial charge in [0.15, 0.2) is 0 Å². The van der Waals surface area contributed by atoms with Gasteiger partial charge in [-0.15, -0.1) is 0 Å². The van der Waals surface area contributed by atoms with Crippen LogP contribution in [0.5, 0.6) is 0 Å². The quantitative estimate of drug-likeness (QED) is 0.812. The first-order valence-corrected chi connectivity index (χ1v) is 8.63. The molecule has 3 rings (SSSR count). The average Bonchev–Trinajstić information content (AvgIpc) is 2.96. The van der Waals surface area contributed by atoms with Gasteiger partial charge >= 0.3 is 0 Å². The van der Waals surface area contributed by atoms with Gasteiger partial charge in [-0.3, -0.25) is 4.72 Å². The zero-order valence-corrected chi connectivity index (χ0v) is 13.9. The summed E-state index contributed by atoms with van der Waals surface area (Å²) in [7, 11) is 1.91. The van der Waals surface area contributed by atoms with Gasteiger partial charge in [-0.2, -0.15) is 4.98 Å². The van der Waals surface area contributed by atoms with E-state index in [4.69, 9.17) is 4.52 Å². The number of anilines is 1. The Kier molecular flexibility index (Phi) is 5.00. The van der Waals surface area contributed by atoms with Crippen molar-refractivity contribution >= 4 is 17.6 Å². The first-order chi connectivity index (χ1) is 10.8. The molecule has 0 amide bonds. The summed E-state index contributed by atoms with van der Waals surface area (Å²) in [5.41, 5.74) is 2.09. The molecule has 0 unspecified atom stereocenters. The van der Waals surface area contributed by atoms with E-state index in [2.05, 4.69) is 38.4 Å². The number of aryl methyl sites for hydroxylation is 1. The fraction of sp³-hybridized carbons (Fsp3) is 0.500. The molecule has 1 fully saturated rings. The lowest BCUT2D eigenvalue weighted by molar-refractivity contribution is 0.394. The monoisotopic (exact) mass is 318 g/mol. The number of nitrogens with one attached hydrogen (secondary N) is 2. The van der Waals surface area contributed by atoms with Gasteiger partial charge in [0.2, 0.25) is 11.7 Å². The maximum atomic E-state index is 5.15. The lowest BCUT2D eigenvalue weighted by Crippen LogP contribution is -2.22. The Morgan fingerprint density at radius 3 is 2.73 bits per heavy atom. The molecule has 1 aliphatic rings. The third-order valence-electron chi connectivity index (χ3n) is 3.94. The molecule has 0 atom stereocenters. The Morgan fingerprint density at radius 2 is 2.05 bits per heavy atom. The Balaban J connectivity index is 1.89. The largest absolute Gasteiger partial charge is 0.382 e. The Bertz CT molecular complexity index is 622. The highest BCUT2D eigenvalue weighted by Crippen LogP contribution is 2.32. The van der Waals surface area contributed by atoms with E-state index in [9.17, 15) is 0 Å². The van der Waals surface area contributed by atoms with Crippen molar-refractivity contribution in [1.29, 1.82) is 0 Å². The SMILES string of the molecule is CNSc1ccc(NC2CCCCC2)c(-c2noc(C)n2)c1. The van der Waals surface area contributed by atoms with Crippen molar-refractivity contribution in [2.75, 3.05) is 12.4 Å². The van der Waals surface area contributed by atoms with E-state index < -0.39 is 0 Å². The van der Waals surface area contributed by atoms with E-state index in [0.717, 1.165) is 16.1 Å². The predicted octanol–water partition coefficient (Wildman–Crippen LogP) is 4.02. The molecule has 1 aliphatic carbocycles. The summed E-state index contributed by atoms with van der Waals surface area (Å²) in [4.78, 5) is 5.52. The van der Waals surface area contributed by atoms with Crippen molar-refractivity contribution < 1.29 is 4.52 Å². The van der Waals surface area contributed by atoms with Crippen LogP contribution in [-0.2, 0) is 0 Å². The van der Waals surface area contributed by atoms with Gasteiger partial charge in [-0.25, -0.2) is 0 Å². The molecule has 2 aromatic rings. The molecule has 0 spiro atoms. The van der Waals surface area contributed by atoms with E-state index in [1.807, 2.05) is 14.0 Å². The normalized spacial score (nSPS) is 15.9. The topological polar surface area (TPSA) is 63.0 Å². The fourth-order valence-electron chi connectivity index (χ4n) is 2.89. The molecule has 1 aromatic carbocycles. The van der Waals surface area contributed by atoms with Crippen LogP contribution < -0.4 is 10.0 Å². The van der Waals surface area contributed by atoms with Gasteiger partial charge in [-0.05, 0) is 50.0 Å². The molecule has 1 heterocycles. The van der Waals surface area contributed by atoms with Gasteiger partial charge in [0.05, 0.1) is 0 Å². The fourth-order valence-corrected chi connectivity index (χ4v) is 3.44. The summed E-state index contributed by atoms with van der Waals surface area (Å²) in [5, 5.41) is 7.76. The molecule has 2 N–H and O–H groups in total. The molecule has 0 bridgehead atoms. The zero-order valence-electron chi connectivity index (χ0n) is 13.1. The number of hydrogen-bond donors (Lipinski definition) is 2. The zero-order chi connectivity index (χ0) is 15.4. The highest BCUT2D eigenvalue weighted by Gasteiger charge is 2.17. The van der Waals surface area contributed by atoms with E-state index >= 15 is 0 Å². The first-order valence-electron chi connectivity index (χ1n) is 7.81. The maximum Gasteiger partial charge on any atom is 0.223 e. The van der Waals surface area contributed by atoms with Crippen LogP contribution in [-0.4, -0.2) is 23.2 Å². The molecule has 0 aliphatic heterocycles. The third-order valence-corrected chi connectivity index (χ3v) is 4.64. The van der Waals surface area contributed by atoms with E-state index in [0.29, 0.717) is 17.8 Å². The molecular weight excluding hydrogens is 296 g/mol. The van der Waals surface area contributed by atoms with Crippen molar-refractivity contribution in [1.82, 2.24) is 14.9 Å². The summed E-state index contributed by atoms with van der Waals surface area (Å²) in [5.74, 6) is 1.24. The second kappa shape index (κ2) is 7.15. The molecule has 5 nitrogen and oxygen atoms in total. The highest BCUT2D eigenvalue weighted by atomic mass is 32.2. The number of benzene rings is 1. The van der Waals surface area contributed by atoms with Gasteiger partial charge in [-0.1, -0.05) is 24.4 Å². The Hall–Kier alpha value is -1.53. The van der Waals surface area contributed by atoms with Crippen LogP contribution in [0.4, 0.5) is 5.69 Å². The lowest BCUT2D eigenvalue weighted by atomic mass is 9.95. The number of nitrogens with zero attached hydrogens (tertiary/aromatic N) is 2. The van der Waals surface area contributed by atoms with E-state index in [1.165, 1.54) is 32.1 Å². The Labute approximate surface area is 135 Å². The van der Waals surface area contributed by atoms with Gasteiger partial charge in [0.1, 0.15) is 0 Å². The molecule has 0 radical (unpaired) electrons. The van der Waals surface area contributed by atoms with Crippen LogP contribution >= 0.6 is 11.9 Å². The molecule has 0 saturated heterocycles. The molecule has 1 aromatic heterocycles. The standard InChI is InChI=1S/C16H22N4OS/c1-11-18-16(20-21-11)14-10-13(22-17-2)8-9-15(14)19-12-6-4-3-5-7-12/h8-10,12,17,19H,3-7H2,1-2H3. The van der Waals surface area contributed by atoms with Crippen LogP contribution in [0.3, 0.4) is 0 Å². The van der Waals surface area contributed by atoms with Gasteiger partial charge in [0.25, 0.3) is 0 Å². The summed E-state index contributed by atoms with van der Waals surface area (Å²) in [6, 6.07) is 6.89. The summed E-state index contributed by atoms with van der Waals surface area (Å²) < 4.78 is 8.25. The number of hydrogen-bond acceptors (Lipinski definition) is 6. The minimum atomic E-state index is 0.545. The van der Waals surface area contributed by atoms with Crippen molar-refractivity contribution in [3.05, 3.63) is 24.1 Å². The molecule has 22 heavy (non-hydrogen) atoms. The first kappa shape index (κ1) is 15.4. The van der Waals surface area contributed by atoms with Gasteiger partial charge in [0, 0.05) is 29.1 Å². The molecule has 6 heteroatoms. The maximum absolute atomic E-state index is 5.15. The second-order valence-corrected chi connectivity index (χ2v) is 6.71. The van der Waals surface area contributed by atoms with Crippen molar-refractivity contribution in [3.63, 3.8) is 0 Å². The Morgan fingerprint density at radius 1 is 1.23 bits per heavy atom. The van der Waals surface area contributed by atoms with Crippen molar-refractivity contribution in [2.24, 2.45) is 0 Å². The summed E-state index contributed by atoms with van der Waals surface area (Å²) in [6.45, 7) is 1.82. The molecule has 1 saturated carbocycles. The molecule has 118 valence electrons. The third kappa shape index (κ3) is 3.62. The summed E-state index contributed by atoms with van der Waals surface area (Å²) >= 11 is 1.58. The van der Waals surface area contributed by atoms with E-state index in [1.54, 1.807) is 11.9 Å². The average molecular weight is 318 g/mol. The number of rotatable bonds is 5. The van der Waals surface area contributed by atoms with Crippen molar-refractivity contribution in [3.8, 4) is 11.4 Å². The van der Waals surface area contributed by atoms with Crippen LogP contribution in [0.15, 0.2) is 27.6 Å². The molecular formula is C16H22N4OS. The highest BCUT2D eigenvalue weighted by molar-refractivity contribution is 7.97. The minimum absolute atomic E-state index is 0.545. The lowest BCUT2D eigenvalue weighted by Gasteiger charge is -2.25. The van der Waals surface area contributed by atoms with Crippen molar-refractivity contribution in [2.45, 2.75) is 50.0 Å².